The number of carbonyl (C=O) groups is 2. The molecule has 0 aromatic carbocycles. The van der Waals surface area contributed by atoms with Gasteiger partial charge in [0, 0.05) is 19.1 Å². The number of carboxylic acid groups (broad SMARTS) is 1. The Bertz CT molecular complexity index is 319. The van der Waals surface area contributed by atoms with Gasteiger partial charge in [-0.05, 0) is 32.6 Å². The summed E-state index contributed by atoms with van der Waals surface area (Å²) in [5.74, 6) is -0.937. The average Bonchev–Trinajstić information content (AvgIpc) is 2.69. The Hall–Kier alpha value is -1.26. The van der Waals surface area contributed by atoms with E-state index in [2.05, 4.69) is 6.92 Å². The Morgan fingerprint density at radius 2 is 2.00 bits per heavy atom. The molecule has 3 unspecified atom stereocenters. The predicted octanol–water partition coefficient (Wildman–Crippen LogP) is 2.16. The summed E-state index contributed by atoms with van der Waals surface area (Å²) in [5.41, 5.74) is 0. The molecule has 104 valence electrons. The summed E-state index contributed by atoms with van der Waals surface area (Å²) in [7, 11) is 1.59. The molecule has 0 spiro atoms. The van der Waals surface area contributed by atoms with E-state index < -0.39 is 12.0 Å². The average molecular weight is 256 g/mol. The lowest BCUT2D eigenvalue weighted by Crippen LogP contribution is -2.52. The lowest BCUT2D eigenvalue weighted by molar-refractivity contribution is -0.142. The summed E-state index contributed by atoms with van der Waals surface area (Å²) in [6.07, 6.45) is 3.37. The zero-order valence-electron chi connectivity index (χ0n) is 11.7. The molecule has 2 amide bonds. The normalized spacial score (nSPS) is 25.0. The first-order chi connectivity index (χ1) is 8.43. The highest BCUT2D eigenvalue weighted by Crippen LogP contribution is 2.27. The Morgan fingerprint density at radius 1 is 1.39 bits per heavy atom. The number of likely N-dealkylation sites (tertiary alicyclic amines) is 1. The summed E-state index contributed by atoms with van der Waals surface area (Å²) >= 11 is 0. The minimum absolute atomic E-state index is 0.152. The van der Waals surface area contributed by atoms with Gasteiger partial charge in [-0.2, -0.15) is 0 Å². The SMILES string of the molecule is CCC(C(=O)O)N(C)C(=O)N1C(C)CCC1CC. The van der Waals surface area contributed by atoms with Crippen LogP contribution in [0.5, 0.6) is 0 Å². The topological polar surface area (TPSA) is 60.9 Å². The van der Waals surface area contributed by atoms with Gasteiger partial charge in [0.05, 0.1) is 0 Å². The molecule has 0 aromatic heterocycles. The number of likely N-dealkylation sites (N-methyl/N-ethyl adjacent to an activating group) is 1. The van der Waals surface area contributed by atoms with E-state index in [0.717, 1.165) is 19.3 Å². The van der Waals surface area contributed by atoms with Gasteiger partial charge in [-0.15, -0.1) is 0 Å². The lowest BCUT2D eigenvalue weighted by atomic mass is 10.1. The van der Waals surface area contributed by atoms with E-state index in [1.54, 1.807) is 14.0 Å². The van der Waals surface area contributed by atoms with E-state index in [4.69, 9.17) is 5.11 Å². The number of urea groups is 1. The number of carboxylic acids is 1. The third-order valence-electron chi connectivity index (χ3n) is 3.92. The monoisotopic (exact) mass is 256 g/mol. The number of amides is 2. The zero-order valence-corrected chi connectivity index (χ0v) is 11.7. The number of aliphatic carboxylic acids is 1. The van der Waals surface area contributed by atoms with Crippen molar-refractivity contribution in [2.45, 2.75) is 64.6 Å². The number of hydrogen-bond donors (Lipinski definition) is 1. The van der Waals surface area contributed by atoms with Crippen molar-refractivity contribution in [1.82, 2.24) is 9.80 Å². The van der Waals surface area contributed by atoms with Crippen LogP contribution < -0.4 is 0 Å². The van der Waals surface area contributed by atoms with Gasteiger partial charge in [0.15, 0.2) is 0 Å². The fraction of sp³-hybridized carbons (Fsp3) is 0.846. The van der Waals surface area contributed by atoms with E-state index >= 15 is 0 Å². The molecule has 1 fully saturated rings. The van der Waals surface area contributed by atoms with Gasteiger partial charge < -0.3 is 14.9 Å². The van der Waals surface area contributed by atoms with Crippen LogP contribution in [0.3, 0.4) is 0 Å². The van der Waals surface area contributed by atoms with Crippen molar-refractivity contribution in [1.29, 1.82) is 0 Å². The molecule has 5 heteroatoms. The van der Waals surface area contributed by atoms with Crippen molar-refractivity contribution in [2.24, 2.45) is 0 Å². The fourth-order valence-electron chi connectivity index (χ4n) is 2.75. The van der Waals surface area contributed by atoms with Gasteiger partial charge in [-0.3, -0.25) is 0 Å². The second-order valence-corrected chi connectivity index (χ2v) is 5.05. The Morgan fingerprint density at radius 3 is 2.44 bits per heavy atom. The second kappa shape index (κ2) is 6.07. The van der Waals surface area contributed by atoms with Crippen LogP contribution in [0.1, 0.15) is 46.5 Å². The predicted molar refractivity (Wildman–Crippen MR) is 69.5 cm³/mol. The largest absolute Gasteiger partial charge is 0.480 e. The molecule has 1 rings (SSSR count). The highest BCUT2D eigenvalue weighted by Gasteiger charge is 2.37. The van der Waals surface area contributed by atoms with Crippen LogP contribution in [-0.2, 0) is 4.79 Å². The zero-order chi connectivity index (χ0) is 13.9. The summed E-state index contributed by atoms with van der Waals surface area (Å²) < 4.78 is 0. The molecule has 1 N–H and O–H groups in total. The van der Waals surface area contributed by atoms with Gasteiger partial charge in [0.25, 0.3) is 0 Å². The Labute approximate surface area is 109 Å². The van der Waals surface area contributed by atoms with E-state index in [0.29, 0.717) is 6.42 Å². The van der Waals surface area contributed by atoms with Crippen LogP contribution in [0.2, 0.25) is 0 Å². The molecular weight excluding hydrogens is 232 g/mol. The van der Waals surface area contributed by atoms with E-state index in [1.165, 1.54) is 4.90 Å². The van der Waals surface area contributed by atoms with Crippen molar-refractivity contribution in [2.75, 3.05) is 7.05 Å². The van der Waals surface area contributed by atoms with E-state index in [1.807, 2.05) is 11.8 Å². The quantitative estimate of drug-likeness (QED) is 0.838. The van der Waals surface area contributed by atoms with Crippen LogP contribution in [0.4, 0.5) is 4.79 Å². The molecule has 0 radical (unpaired) electrons. The van der Waals surface area contributed by atoms with Gasteiger partial charge in [-0.1, -0.05) is 13.8 Å². The molecule has 3 atom stereocenters. The van der Waals surface area contributed by atoms with E-state index in [9.17, 15) is 9.59 Å². The van der Waals surface area contributed by atoms with Crippen molar-refractivity contribution < 1.29 is 14.7 Å². The maximum Gasteiger partial charge on any atom is 0.326 e. The Balaban J connectivity index is 2.82. The molecule has 5 nitrogen and oxygen atoms in total. The maximum atomic E-state index is 12.4. The third-order valence-corrected chi connectivity index (χ3v) is 3.92. The molecule has 0 bridgehead atoms. The standard InChI is InChI=1S/C13H24N2O3/c1-5-10-8-7-9(3)15(10)13(18)14(4)11(6-2)12(16)17/h9-11H,5-8H2,1-4H3,(H,16,17). The van der Waals surface area contributed by atoms with Crippen molar-refractivity contribution in [3.05, 3.63) is 0 Å². The van der Waals surface area contributed by atoms with Gasteiger partial charge >= 0.3 is 12.0 Å². The molecule has 0 saturated carbocycles. The molecule has 0 aromatic rings. The summed E-state index contributed by atoms with van der Waals surface area (Å²) in [6, 6.07) is -0.429. The highest BCUT2D eigenvalue weighted by atomic mass is 16.4. The van der Waals surface area contributed by atoms with Gasteiger partial charge in [-0.25, -0.2) is 9.59 Å². The first-order valence-corrected chi connectivity index (χ1v) is 6.71. The maximum absolute atomic E-state index is 12.4. The van der Waals surface area contributed by atoms with Crippen LogP contribution in [0, 0.1) is 0 Å². The van der Waals surface area contributed by atoms with Crippen molar-refractivity contribution >= 4 is 12.0 Å². The smallest absolute Gasteiger partial charge is 0.326 e. The summed E-state index contributed by atoms with van der Waals surface area (Å²) in [6.45, 7) is 5.88. The molecule has 1 saturated heterocycles. The molecule has 1 aliphatic heterocycles. The number of hydrogen-bond acceptors (Lipinski definition) is 2. The molecule has 18 heavy (non-hydrogen) atoms. The summed E-state index contributed by atoms with van der Waals surface area (Å²) in [5, 5.41) is 9.11. The number of rotatable bonds is 4. The third kappa shape index (κ3) is 2.76. The van der Waals surface area contributed by atoms with Crippen LogP contribution in [0.15, 0.2) is 0 Å². The lowest BCUT2D eigenvalue weighted by Gasteiger charge is -2.34. The number of carbonyl (C=O) groups excluding carboxylic acids is 1. The fourth-order valence-corrected chi connectivity index (χ4v) is 2.75. The van der Waals surface area contributed by atoms with Crippen molar-refractivity contribution in [3.63, 3.8) is 0 Å². The van der Waals surface area contributed by atoms with Crippen LogP contribution in [-0.4, -0.2) is 52.1 Å². The highest BCUT2D eigenvalue weighted by molar-refractivity contribution is 5.83. The molecule has 1 aliphatic rings. The van der Waals surface area contributed by atoms with Crippen LogP contribution in [0.25, 0.3) is 0 Å². The first-order valence-electron chi connectivity index (χ1n) is 6.71. The molecular formula is C13H24N2O3. The van der Waals surface area contributed by atoms with Crippen molar-refractivity contribution in [3.8, 4) is 0 Å². The Kier molecular flexibility index (Phi) is 4.99. The minimum Gasteiger partial charge on any atom is -0.480 e. The van der Waals surface area contributed by atoms with Crippen LogP contribution >= 0.6 is 0 Å². The summed E-state index contributed by atoms with van der Waals surface area (Å²) in [4.78, 5) is 26.8. The first kappa shape index (κ1) is 14.8. The van der Waals surface area contributed by atoms with Gasteiger partial charge in [0.2, 0.25) is 0 Å². The van der Waals surface area contributed by atoms with Gasteiger partial charge in [0.1, 0.15) is 6.04 Å². The molecule has 0 aliphatic carbocycles. The van der Waals surface area contributed by atoms with E-state index in [-0.39, 0.29) is 18.1 Å². The number of nitrogens with zero attached hydrogens (tertiary/aromatic N) is 2. The second-order valence-electron chi connectivity index (χ2n) is 5.05. The minimum atomic E-state index is -0.937. The molecule has 1 heterocycles.